The largest absolute Gasteiger partial charge is 0.497 e. The van der Waals surface area contributed by atoms with Gasteiger partial charge in [0.05, 0.1) is 18.4 Å². The smallest absolute Gasteiger partial charge is 0.416 e. The molecule has 0 saturated carbocycles. The summed E-state index contributed by atoms with van der Waals surface area (Å²) >= 11 is 0. The van der Waals surface area contributed by atoms with Crippen molar-refractivity contribution in [1.29, 1.82) is 0 Å². The van der Waals surface area contributed by atoms with Crippen LogP contribution in [0.3, 0.4) is 0 Å². The standard InChI is InChI=1S/C18H13F3N2O3/c1-26-14-7-5-11(6-8-14)9-15-16(24)22-23(17(15)25)13-4-2-3-12(10-13)18(19,20)21/h2-10H,1H3,(H,22,24)/b15-9-. The van der Waals surface area contributed by atoms with Crippen molar-refractivity contribution in [2.24, 2.45) is 0 Å². The molecule has 0 unspecified atom stereocenters. The van der Waals surface area contributed by atoms with E-state index in [1.54, 1.807) is 24.3 Å². The second kappa shape index (κ2) is 6.55. The minimum absolute atomic E-state index is 0.0729. The maximum atomic E-state index is 12.8. The topological polar surface area (TPSA) is 58.6 Å². The van der Waals surface area contributed by atoms with E-state index in [1.165, 1.54) is 25.3 Å². The molecule has 134 valence electrons. The number of hydrogen-bond acceptors (Lipinski definition) is 3. The Bertz CT molecular complexity index is 889. The van der Waals surface area contributed by atoms with Gasteiger partial charge in [0.15, 0.2) is 0 Å². The van der Waals surface area contributed by atoms with Gasteiger partial charge in [-0.05, 0) is 42.0 Å². The molecular formula is C18H13F3N2O3. The summed E-state index contributed by atoms with van der Waals surface area (Å²) < 4.78 is 43.6. The van der Waals surface area contributed by atoms with Crippen molar-refractivity contribution in [3.8, 4) is 5.75 Å². The van der Waals surface area contributed by atoms with Gasteiger partial charge in [0, 0.05) is 0 Å². The lowest BCUT2D eigenvalue weighted by Gasteiger charge is -2.16. The highest BCUT2D eigenvalue weighted by Crippen LogP contribution is 2.32. The van der Waals surface area contributed by atoms with Crippen LogP contribution in [-0.2, 0) is 15.8 Å². The fourth-order valence-corrected chi connectivity index (χ4v) is 2.43. The van der Waals surface area contributed by atoms with Gasteiger partial charge in [-0.2, -0.15) is 13.2 Å². The highest BCUT2D eigenvalue weighted by atomic mass is 19.4. The lowest BCUT2D eigenvalue weighted by atomic mass is 10.1. The van der Waals surface area contributed by atoms with Crippen molar-refractivity contribution >= 4 is 23.6 Å². The number of anilines is 1. The molecule has 1 aliphatic rings. The molecule has 1 N–H and O–H groups in total. The van der Waals surface area contributed by atoms with Crippen LogP contribution in [0.2, 0.25) is 0 Å². The van der Waals surface area contributed by atoms with Crippen LogP contribution in [0.4, 0.5) is 18.9 Å². The Labute approximate surface area is 146 Å². The van der Waals surface area contributed by atoms with Crippen molar-refractivity contribution in [3.63, 3.8) is 0 Å². The highest BCUT2D eigenvalue weighted by Gasteiger charge is 2.36. The average molecular weight is 362 g/mol. The number of halogens is 3. The number of nitrogens with zero attached hydrogens (tertiary/aromatic N) is 1. The molecule has 2 aromatic rings. The number of hydrazine groups is 1. The second-order valence-corrected chi connectivity index (χ2v) is 5.46. The van der Waals surface area contributed by atoms with E-state index in [0.717, 1.165) is 17.1 Å². The van der Waals surface area contributed by atoms with Gasteiger partial charge >= 0.3 is 6.18 Å². The summed E-state index contributed by atoms with van der Waals surface area (Å²) in [6.45, 7) is 0. The summed E-state index contributed by atoms with van der Waals surface area (Å²) in [4.78, 5) is 24.6. The Balaban J connectivity index is 1.90. The summed E-state index contributed by atoms with van der Waals surface area (Å²) in [7, 11) is 1.51. The van der Waals surface area contributed by atoms with Crippen molar-refractivity contribution in [2.75, 3.05) is 12.1 Å². The number of amides is 2. The Morgan fingerprint density at radius 3 is 2.38 bits per heavy atom. The van der Waals surface area contributed by atoms with Gasteiger partial charge in [-0.3, -0.25) is 15.0 Å². The quantitative estimate of drug-likeness (QED) is 0.674. The molecular weight excluding hydrogens is 349 g/mol. The summed E-state index contributed by atoms with van der Waals surface area (Å²) in [5.74, 6) is -0.812. The van der Waals surface area contributed by atoms with Crippen molar-refractivity contribution in [1.82, 2.24) is 5.43 Å². The molecule has 1 fully saturated rings. The Morgan fingerprint density at radius 2 is 1.77 bits per heavy atom. The lowest BCUT2D eigenvalue weighted by Crippen LogP contribution is -2.35. The van der Waals surface area contributed by atoms with E-state index in [1.807, 2.05) is 0 Å². The van der Waals surface area contributed by atoms with E-state index < -0.39 is 23.6 Å². The number of carbonyl (C=O) groups excluding carboxylic acids is 2. The predicted octanol–water partition coefficient (Wildman–Crippen LogP) is 3.18. The number of nitrogens with one attached hydrogen (secondary N) is 1. The third kappa shape index (κ3) is 3.39. The molecule has 1 heterocycles. The van der Waals surface area contributed by atoms with Crippen LogP contribution in [-0.4, -0.2) is 18.9 Å². The molecule has 1 saturated heterocycles. The first kappa shape index (κ1) is 17.5. The molecule has 8 heteroatoms. The maximum Gasteiger partial charge on any atom is 0.416 e. The summed E-state index contributed by atoms with van der Waals surface area (Å²) in [6, 6.07) is 10.8. The molecule has 0 spiro atoms. The zero-order valence-electron chi connectivity index (χ0n) is 13.5. The first-order chi connectivity index (χ1) is 12.3. The molecule has 2 amide bonds. The van der Waals surface area contributed by atoms with Gasteiger partial charge < -0.3 is 4.74 Å². The van der Waals surface area contributed by atoms with Crippen LogP contribution < -0.4 is 15.2 Å². The van der Waals surface area contributed by atoms with Crippen LogP contribution in [0.15, 0.2) is 54.1 Å². The molecule has 3 rings (SSSR count). The Kier molecular flexibility index (Phi) is 4.41. The summed E-state index contributed by atoms with van der Waals surface area (Å²) in [5.41, 5.74) is 1.70. The Morgan fingerprint density at radius 1 is 1.08 bits per heavy atom. The van der Waals surface area contributed by atoms with Crippen LogP contribution in [0.25, 0.3) is 6.08 Å². The third-order valence-corrected chi connectivity index (χ3v) is 3.75. The van der Waals surface area contributed by atoms with Gasteiger partial charge in [-0.1, -0.05) is 18.2 Å². The van der Waals surface area contributed by atoms with E-state index in [0.29, 0.717) is 11.3 Å². The van der Waals surface area contributed by atoms with E-state index in [9.17, 15) is 22.8 Å². The first-order valence-electron chi connectivity index (χ1n) is 7.48. The maximum absolute atomic E-state index is 12.8. The van der Waals surface area contributed by atoms with Gasteiger partial charge in [-0.25, -0.2) is 5.01 Å². The molecule has 0 aliphatic carbocycles. The lowest BCUT2D eigenvalue weighted by molar-refractivity contribution is -0.137. The minimum atomic E-state index is -4.55. The highest BCUT2D eigenvalue weighted by molar-refractivity contribution is 6.31. The molecule has 5 nitrogen and oxygen atoms in total. The number of hydrogen-bond donors (Lipinski definition) is 1. The summed E-state index contributed by atoms with van der Waals surface area (Å²) in [5, 5.41) is 0.799. The number of alkyl halides is 3. The number of carbonyl (C=O) groups is 2. The van der Waals surface area contributed by atoms with Gasteiger partial charge in [0.1, 0.15) is 11.3 Å². The number of benzene rings is 2. The average Bonchev–Trinajstić information content (AvgIpc) is 2.90. The fourth-order valence-electron chi connectivity index (χ4n) is 2.43. The second-order valence-electron chi connectivity index (χ2n) is 5.46. The molecule has 0 bridgehead atoms. The van der Waals surface area contributed by atoms with Crippen LogP contribution in [0.1, 0.15) is 11.1 Å². The van der Waals surface area contributed by atoms with Gasteiger partial charge in [-0.15, -0.1) is 0 Å². The van der Waals surface area contributed by atoms with E-state index in [4.69, 9.17) is 4.74 Å². The SMILES string of the molecule is COc1ccc(/C=C2/C(=O)NN(c3cccc(C(F)(F)F)c3)C2=O)cc1. The van der Waals surface area contributed by atoms with Crippen molar-refractivity contribution in [3.05, 3.63) is 65.2 Å². The number of ether oxygens (including phenoxy) is 1. The number of methoxy groups -OCH3 is 1. The zero-order valence-corrected chi connectivity index (χ0v) is 13.5. The molecule has 1 aliphatic heterocycles. The van der Waals surface area contributed by atoms with Crippen molar-refractivity contribution in [2.45, 2.75) is 6.18 Å². The third-order valence-electron chi connectivity index (χ3n) is 3.75. The zero-order chi connectivity index (χ0) is 18.9. The number of rotatable bonds is 3. The van der Waals surface area contributed by atoms with Gasteiger partial charge in [0.25, 0.3) is 11.8 Å². The summed E-state index contributed by atoms with van der Waals surface area (Å²) in [6.07, 6.45) is -3.19. The molecule has 0 aromatic heterocycles. The fraction of sp³-hybridized carbons (Fsp3) is 0.111. The normalized spacial score (nSPS) is 16.2. The van der Waals surface area contributed by atoms with Crippen LogP contribution in [0, 0.1) is 0 Å². The monoisotopic (exact) mass is 362 g/mol. The van der Waals surface area contributed by atoms with Crippen LogP contribution >= 0.6 is 0 Å². The molecule has 0 atom stereocenters. The van der Waals surface area contributed by atoms with E-state index in [2.05, 4.69) is 5.43 Å². The Hall–Kier alpha value is -3.29. The molecule has 0 radical (unpaired) electrons. The van der Waals surface area contributed by atoms with Crippen LogP contribution in [0.5, 0.6) is 5.75 Å². The van der Waals surface area contributed by atoms with E-state index >= 15 is 0 Å². The minimum Gasteiger partial charge on any atom is -0.497 e. The first-order valence-corrected chi connectivity index (χ1v) is 7.48. The molecule has 26 heavy (non-hydrogen) atoms. The van der Waals surface area contributed by atoms with Crippen molar-refractivity contribution < 1.29 is 27.5 Å². The van der Waals surface area contributed by atoms with E-state index in [-0.39, 0.29) is 11.3 Å². The van der Waals surface area contributed by atoms with Gasteiger partial charge in [0.2, 0.25) is 0 Å². The predicted molar refractivity (Wildman–Crippen MR) is 88.0 cm³/mol. The molecule has 2 aromatic carbocycles.